The minimum atomic E-state index is 0.0768. The van der Waals surface area contributed by atoms with Gasteiger partial charge in [0.25, 0.3) is 0 Å². The van der Waals surface area contributed by atoms with Gasteiger partial charge in [0.2, 0.25) is 0 Å². The van der Waals surface area contributed by atoms with Gasteiger partial charge < -0.3 is 0 Å². The molecule has 0 radical (unpaired) electrons. The maximum absolute atomic E-state index is 13.0. The van der Waals surface area contributed by atoms with Gasteiger partial charge in [-0.05, 0) is 72.7 Å². The molecular weight excluding hydrogens is 530 g/mol. The van der Waals surface area contributed by atoms with E-state index in [9.17, 15) is 4.79 Å². The summed E-state index contributed by atoms with van der Waals surface area (Å²) in [5.41, 5.74) is 7.98. The molecule has 186 valence electrons. The molecule has 0 aliphatic rings. The number of benzene rings is 3. The van der Waals surface area contributed by atoms with E-state index >= 15 is 0 Å². The molecule has 4 nitrogen and oxygen atoms in total. The fourth-order valence-corrected chi connectivity index (χ4v) is 5.45. The lowest BCUT2D eigenvalue weighted by Gasteiger charge is -2.19. The van der Waals surface area contributed by atoms with E-state index < -0.39 is 0 Å². The summed E-state index contributed by atoms with van der Waals surface area (Å²) in [7, 11) is 0. The van der Waals surface area contributed by atoms with Gasteiger partial charge in [-0.2, -0.15) is 0 Å². The maximum Gasteiger partial charge on any atom is 0.196 e. The number of Topliss-reactive ketones (excluding diaryl/α,β-unsaturated/α-hetero) is 1. The molecule has 0 bridgehead atoms. The van der Waals surface area contributed by atoms with Gasteiger partial charge in [-0.15, -0.1) is 10.2 Å². The summed E-state index contributed by atoms with van der Waals surface area (Å²) in [5.74, 6) is 1.28. The van der Waals surface area contributed by atoms with Gasteiger partial charge in [-0.1, -0.05) is 90.4 Å². The highest BCUT2D eigenvalue weighted by Gasteiger charge is 2.19. The Hall–Kier alpha value is -2.70. The van der Waals surface area contributed by atoms with Crippen molar-refractivity contribution in [2.45, 2.75) is 58.5 Å². The zero-order valence-corrected chi connectivity index (χ0v) is 24.1. The standard InChI is InChI=1S/C30H32BrN3OS/c1-19-15-20(2)27(21(3)16-19)17-26(35)18-36-29-33-32-28(34(29)25-13-11-24(31)12-14-25)22-7-9-23(10-8-22)30(4,5)6/h7-16H,17-18H2,1-6H3. The van der Waals surface area contributed by atoms with Crippen molar-refractivity contribution in [2.24, 2.45) is 0 Å². The highest BCUT2D eigenvalue weighted by molar-refractivity contribution is 9.10. The average Bonchev–Trinajstić information content (AvgIpc) is 3.24. The van der Waals surface area contributed by atoms with E-state index in [1.54, 1.807) is 0 Å². The smallest absolute Gasteiger partial charge is 0.196 e. The first kappa shape index (κ1) is 26.4. The van der Waals surface area contributed by atoms with Gasteiger partial charge in [0.05, 0.1) is 5.75 Å². The Morgan fingerprint density at radius 1 is 0.917 bits per heavy atom. The summed E-state index contributed by atoms with van der Waals surface area (Å²) in [6.07, 6.45) is 0.429. The van der Waals surface area contributed by atoms with Gasteiger partial charge >= 0.3 is 0 Å². The fraction of sp³-hybridized carbons (Fsp3) is 0.300. The molecule has 0 N–H and O–H groups in total. The Balaban J connectivity index is 1.62. The fourth-order valence-electron chi connectivity index (χ4n) is 4.37. The van der Waals surface area contributed by atoms with Gasteiger partial charge in [0, 0.05) is 22.1 Å². The first-order valence-electron chi connectivity index (χ1n) is 12.1. The number of aryl methyl sites for hydroxylation is 3. The van der Waals surface area contributed by atoms with Crippen molar-refractivity contribution in [3.63, 3.8) is 0 Å². The molecule has 1 aromatic heterocycles. The van der Waals surface area contributed by atoms with Crippen LogP contribution in [-0.2, 0) is 16.6 Å². The van der Waals surface area contributed by atoms with Crippen LogP contribution in [0.4, 0.5) is 0 Å². The van der Waals surface area contributed by atoms with Crippen LogP contribution < -0.4 is 0 Å². The van der Waals surface area contributed by atoms with Crippen LogP contribution in [0.1, 0.15) is 48.6 Å². The SMILES string of the molecule is Cc1cc(C)c(CC(=O)CSc2nnc(-c3ccc(C(C)(C)C)cc3)n2-c2ccc(Br)cc2)c(C)c1. The molecule has 0 fully saturated rings. The lowest BCUT2D eigenvalue weighted by Crippen LogP contribution is -2.10. The molecule has 0 saturated carbocycles. The predicted octanol–water partition coefficient (Wildman–Crippen LogP) is 7.82. The summed E-state index contributed by atoms with van der Waals surface area (Å²) in [4.78, 5) is 13.0. The monoisotopic (exact) mass is 561 g/mol. The van der Waals surface area contributed by atoms with Crippen LogP contribution in [0.15, 0.2) is 70.3 Å². The molecule has 0 unspecified atom stereocenters. The van der Waals surface area contributed by atoms with E-state index in [4.69, 9.17) is 0 Å². The Morgan fingerprint density at radius 3 is 2.11 bits per heavy atom. The van der Waals surface area contributed by atoms with Crippen molar-refractivity contribution >= 4 is 33.5 Å². The summed E-state index contributed by atoms with van der Waals surface area (Å²) >= 11 is 4.96. The second kappa shape index (κ2) is 10.7. The molecule has 4 rings (SSSR count). The van der Waals surface area contributed by atoms with Crippen molar-refractivity contribution in [1.29, 1.82) is 0 Å². The van der Waals surface area contributed by atoms with Gasteiger partial charge in [0.15, 0.2) is 11.0 Å². The Kier molecular flexibility index (Phi) is 7.86. The normalized spacial score (nSPS) is 11.6. The van der Waals surface area contributed by atoms with Crippen LogP contribution in [-0.4, -0.2) is 26.3 Å². The number of thioether (sulfide) groups is 1. The number of carbonyl (C=O) groups is 1. The minimum Gasteiger partial charge on any atom is -0.298 e. The third kappa shape index (κ3) is 5.98. The topological polar surface area (TPSA) is 47.8 Å². The van der Waals surface area contributed by atoms with E-state index in [-0.39, 0.29) is 11.2 Å². The maximum atomic E-state index is 13.0. The lowest BCUT2D eigenvalue weighted by molar-refractivity contribution is -0.116. The second-order valence-corrected chi connectivity index (χ2v) is 12.2. The Labute approximate surface area is 226 Å². The lowest BCUT2D eigenvalue weighted by atomic mass is 9.87. The quantitative estimate of drug-likeness (QED) is 0.216. The van der Waals surface area contributed by atoms with Gasteiger partial charge in [-0.3, -0.25) is 9.36 Å². The number of carbonyl (C=O) groups excluding carboxylic acids is 1. The number of aromatic nitrogens is 3. The minimum absolute atomic E-state index is 0.0768. The summed E-state index contributed by atoms with van der Waals surface area (Å²) in [5, 5.41) is 9.75. The zero-order valence-electron chi connectivity index (χ0n) is 21.7. The number of halogens is 1. The van der Waals surface area contributed by atoms with Crippen molar-refractivity contribution < 1.29 is 4.79 Å². The third-order valence-electron chi connectivity index (χ3n) is 6.30. The molecular formula is C30H32BrN3OS. The molecule has 0 saturated heterocycles. The van der Waals surface area contributed by atoms with Crippen LogP contribution in [0, 0.1) is 20.8 Å². The molecule has 0 amide bonds. The number of ketones is 1. The molecule has 36 heavy (non-hydrogen) atoms. The van der Waals surface area contributed by atoms with E-state index in [1.807, 2.05) is 28.8 Å². The molecule has 0 spiro atoms. The predicted molar refractivity (Wildman–Crippen MR) is 153 cm³/mol. The molecule has 1 heterocycles. The van der Waals surface area contributed by atoms with E-state index in [2.05, 4.69) is 104 Å². The van der Waals surface area contributed by atoms with E-state index in [1.165, 1.54) is 34.0 Å². The van der Waals surface area contributed by atoms with Gasteiger partial charge in [0.1, 0.15) is 5.78 Å². The largest absolute Gasteiger partial charge is 0.298 e. The third-order valence-corrected chi connectivity index (χ3v) is 7.82. The number of hydrogen-bond acceptors (Lipinski definition) is 4. The second-order valence-electron chi connectivity index (χ2n) is 10.3. The highest BCUT2D eigenvalue weighted by atomic mass is 79.9. The highest BCUT2D eigenvalue weighted by Crippen LogP contribution is 2.31. The Morgan fingerprint density at radius 2 is 1.53 bits per heavy atom. The molecule has 0 atom stereocenters. The van der Waals surface area contributed by atoms with Crippen LogP contribution in [0.2, 0.25) is 0 Å². The molecule has 6 heteroatoms. The Bertz CT molecular complexity index is 1360. The first-order valence-corrected chi connectivity index (χ1v) is 13.8. The van der Waals surface area contributed by atoms with Crippen LogP contribution in [0.5, 0.6) is 0 Å². The number of hydrogen-bond donors (Lipinski definition) is 0. The van der Waals surface area contributed by atoms with Crippen LogP contribution in [0.3, 0.4) is 0 Å². The molecule has 0 aliphatic carbocycles. The zero-order chi connectivity index (χ0) is 26.0. The molecule has 3 aromatic carbocycles. The summed E-state index contributed by atoms with van der Waals surface area (Å²) in [6, 6.07) is 20.9. The summed E-state index contributed by atoms with van der Waals surface area (Å²) < 4.78 is 3.04. The van der Waals surface area contributed by atoms with Crippen LogP contribution in [0.25, 0.3) is 17.1 Å². The van der Waals surface area contributed by atoms with Crippen molar-refractivity contribution in [1.82, 2.24) is 14.8 Å². The number of nitrogens with zero attached hydrogens (tertiary/aromatic N) is 3. The molecule has 0 aliphatic heterocycles. The summed E-state index contributed by atoms with van der Waals surface area (Å²) in [6.45, 7) is 12.9. The van der Waals surface area contributed by atoms with E-state index in [0.29, 0.717) is 17.3 Å². The first-order chi connectivity index (χ1) is 17.0. The van der Waals surface area contributed by atoms with Crippen molar-refractivity contribution in [3.05, 3.63) is 93.0 Å². The van der Waals surface area contributed by atoms with Crippen molar-refractivity contribution in [3.8, 4) is 17.1 Å². The van der Waals surface area contributed by atoms with E-state index in [0.717, 1.165) is 27.1 Å². The molecule has 4 aromatic rings. The van der Waals surface area contributed by atoms with Crippen LogP contribution >= 0.6 is 27.7 Å². The van der Waals surface area contributed by atoms with Gasteiger partial charge in [-0.25, -0.2) is 0 Å². The average molecular weight is 563 g/mol. The number of rotatable bonds is 7. The van der Waals surface area contributed by atoms with Crippen molar-refractivity contribution in [2.75, 3.05) is 5.75 Å².